The van der Waals surface area contributed by atoms with Crippen LogP contribution in [0, 0.1) is 11.3 Å². The van der Waals surface area contributed by atoms with Gasteiger partial charge in [-0.15, -0.1) is 10.2 Å². The highest BCUT2D eigenvalue weighted by molar-refractivity contribution is 7.99. The minimum absolute atomic E-state index is 0.587. The molecular weight excluding hydrogens is 384 g/mol. The molecule has 0 saturated heterocycles. The Hall–Kier alpha value is -2.98. The minimum atomic E-state index is 0.587. The van der Waals surface area contributed by atoms with Crippen LogP contribution in [-0.4, -0.2) is 34.2 Å². The molecule has 0 unspecified atom stereocenters. The number of ether oxygens (including phenoxy) is 2. The standard InChI is InChI=1S/C22H24N4O2S/c1-3-28-20-13-9-18(10-14-20)26-21(17-7-11-19(27-2)12-8-17)24-25-22(26)29-16-6-4-5-15-23/h7-14H,3-6,16H2,1-2H3. The average molecular weight is 409 g/mol. The summed E-state index contributed by atoms with van der Waals surface area (Å²) < 4.78 is 12.9. The highest BCUT2D eigenvalue weighted by Crippen LogP contribution is 2.30. The van der Waals surface area contributed by atoms with Crippen LogP contribution in [0.25, 0.3) is 17.1 Å². The molecule has 0 atom stereocenters. The van der Waals surface area contributed by atoms with Crippen LogP contribution < -0.4 is 9.47 Å². The van der Waals surface area contributed by atoms with Crippen LogP contribution in [0.1, 0.15) is 26.2 Å². The summed E-state index contributed by atoms with van der Waals surface area (Å²) in [5.74, 6) is 3.30. The Balaban J connectivity index is 1.92. The van der Waals surface area contributed by atoms with Gasteiger partial charge in [-0.3, -0.25) is 4.57 Å². The molecule has 0 amide bonds. The number of rotatable bonds is 10. The topological polar surface area (TPSA) is 73.0 Å². The van der Waals surface area contributed by atoms with E-state index in [0.717, 1.165) is 52.3 Å². The molecule has 1 heterocycles. The molecule has 29 heavy (non-hydrogen) atoms. The molecular formula is C22H24N4O2S. The van der Waals surface area contributed by atoms with E-state index in [2.05, 4.69) is 20.8 Å². The maximum absolute atomic E-state index is 8.70. The molecule has 0 aliphatic rings. The minimum Gasteiger partial charge on any atom is -0.497 e. The Morgan fingerprint density at radius 2 is 1.72 bits per heavy atom. The van der Waals surface area contributed by atoms with Crippen LogP contribution in [0.3, 0.4) is 0 Å². The van der Waals surface area contributed by atoms with E-state index in [0.29, 0.717) is 13.0 Å². The SMILES string of the molecule is CCOc1ccc(-n2c(SCCCCC#N)nnc2-c2ccc(OC)cc2)cc1. The summed E-state index contributed by atoms with van der Waals surface area (Å²) >= 11 is 1.65. The smallest absolute Gasteiger partial charge is 0.196 e. The van der Waals surface area contributed by atoms with Crippen molar-refractivity contribution in [2.45, 2.75) is 31.3 Å². The molecule has 0 bridgehead atoms. The first-order chi connectivity index (χ1) is 14.3. The third-order valence-electron chi connectivity index (χ3n) is 4.30. The number of hydrogen-bond acceptors (Lipinski definition) is 6. The van der Waals surface area contributed by atoms with Crippen LogP contribution in [-0.2, 0) is 0 Å². The lowest BCUT2D eigenvalue weighted by molar-refractivity contribution is 0.340. The molecule has 0 saturated carbocycles. The summed E-state index contributed by atoms with van der Waals surface area (Å²) in [6.07, 6.45) is 2.45. The first-order valence-corrected chi connectivity index (χ1v) is 10.6. The lowest BCUT2D eigenvalue weighted by Gasteiger charge is -2.12. The highest BCUT2D eigenvalue weighted by Gasteiger charge is 2.16. The van der Waals surface area contributed by atoms with Gasteiger partial charge in [0, 0.05) is 23.4 Å². The largest absolute Gasteiger partial charge is 0.497 e. The van der Waals surface area contributed by atoms with Crippen LogP contribution in [0.5, 0.6) is 11.5 Å². The second kappa shape index (κ2) is 10.5. The fraction of sp³-hybridized carbons (Fsp3) is 0.318. The van der Waals surface area contributed by atoms with Crippen LogP contribution in [0.4, 0.5) is 0 Å². The summed E-state index contributed by atoms with van der Waals surface area (Å²) in [6.45, 7) is 2.60. The number of unbranched alkanes of at least 4 members (excludes halogenated alkanes) is 2. The second-order valence-electron chi connectivity index (χ2n) is 6.26. The van der Waals surface area contributed by atoms with Gasteiger partial charge in [0.15, 0.2) is 11.0 Å². The fourth-order valence-electron chi connectivity index (χ4n) is 2.85. The summed E-state index contributed by atoms with van der Waals surface area (Å²) in [6, 6.07) is 17.9. The normalized spacial score (nSPS) is 10.5. The predicted octanol–water partition coefficient (Wildman–Crippen LogP) is 5.13. The molecule has 0 aliphatic heterocycles. The van der Waals surface area contributed by atoms with Crippen molar-refractivity contribution in [3.63, 3.8) is 0 Å². The fourth-order valence-corrected chi connectivity index (χ4v) is 3.80. The van der Waals surface area contributed by atoms with E-state index in [9.17, 15) is 0 Å². The second-order valence-corrected chi connectivity index (χ2v) is 7.32. The Kier molecular flexibility index (Phi) is 7.54. The first-order valence-electron chi connectivity index (χ1n) is 9.59. The van der Waals surface area contributed by atoms with Crippen LogP contribution in [0.15, 0.2) is 53.7 Å². The van der Waals surface area contributed by atoms with Gasteiger partial charge in [0.05, 0.1) is 19.8 Å². The van der Waals surface area contributed by atoms with Crippen LogP contribution in [0.2, 0.25) is 0 Å². The van der Waals surface area contributed by atoms with Gasteiger partial charge >= 0.3 is 0 Å². The zero-order valence-electron chi connectivity index (χ0n) is 16.7. The Labute approximate surface area is 175 Å². The number of aromatic nitrogens is 3. The molecule has 0 spiro atoms. The van der Waals surface area contributed by atoms with E-state index < -0.39 is 0 Å². The lowest BCUT2D eigenvalue weighted by Crippen LogP contribution is -2.00. The van der Waals surface area contributed by atoms with Crippen molar-refractivity contribution < 1.29 is 9.47 Å². The quantitative estimate of drug-likeness (QED) is 0.342. The summed E-state index contributed by atoms with van der Waals surface area (Å²) in [5, 5.41) is 18.4. The van der Waals surface area contributed by atoms with Crippen LogP contribution >= 0.6 is 11.8 Å². The van der Waals surface area contributed by atoms with Gasteiger partial charge in [0.2, 0.25) is 0 Å². The number of methoxy groups -OCH3 is 1. The molecule has 2 aromatic carbocycles. The van der Waals surface area contributed by atoms with E-state index in [1.54, 1.807) is 18.9 Å². The van der Waals surface area contributed by atoms with Gasteiger partial charge in [-0.2, -0.15) is 5.26 Å². The molecule has 0 fully saturated rings. The van der Waals surface area contributed by atoms with E-state index >= 15 is 0 Å². The summed E-state index contributed by atoms with van der Waals surface area (Å²) in [4.78, 5) is 0. The Bertz CT molecular complexity index is 946. The molecule has 3 rings (SSSR count). The molecule has 150 valence electrons. The maximum Gasteiger partial charge on any atom is 0.196 e. The third kappa shape index (κ3) is 5.30. The molecule has 7 heteroatoms. The van der Waals surface area contributed by atoms with Crippen molar-refractivity contribution >= 4 is 11.8 Å². The lowest BCUT2D eigenvalue weighted by atomic mass is 10.2. The van der Waals surface area contributed by atoms with Crippen molar-refractivity contribution in [2.75, 3.05) is 19.5 Å². The van der Waals surface area contributed by atoms with Gasteiger partial charge in [-0.05, 0) is 68.3 Å². The van der Waals surface area contributed by atoms with Gasteiger partial charge in [0.25, 0.3) is 0 Å². The number of hydrogen-bond donors (Lipinski definition) is 0. The molecule has 0 radical (unpaired) electrons. The van der Waals surface area contributed by atoms with E-state index in [1.165, 1.54) is 0 Å². The highest BCUT2D eigenvalue weighted by atomic mass is 32.2. The molecule has 6 nitrogen and oxygen atoms in total. The molecule has 1 aromatic heterocycles. The number of thioether (sulfide) groups is 1. The van der Waals surface area contributed by atoms with Crippen molar-refractivity contribution in [1.29, 1.82) is 5.26 Å². The van der Waals surface area contributed by atoms with E-state index in [1.807, 2.05) is 55.5 Å². The van der Waals surface area contributed by atoms with Crippen molar-refractivity contribution in [3.05, 3.63) is 48.5 Å². The molecule has 3 aromatic rings. The number of benzene rings is 2. The Morgan fingerprint density at radius 3 is 2.38 bits per heavy atom. The maximum atomic E-state index is 8.70. The van der Waals surface area contributed by atoms with Crippen molar-refractivity contribution in [2.24, 2.45) is 0 Å². The van der Waals surface area contributed by atoms with Crippen molar-refractivity contribution in [3.8, 4) is 34.6 Å². The monoisotopic (exact) mass is 408 g/mol. The van der Waals surface area contributed by atoms with E-state index in [4.69, 9.17) is 14.7 Å². The predicted molar refractivity (Wildman–Crippen MR) is 115 cm³/mol. The van der Waals surface area contributed by atoms with Gasteiger partial charge < -0.3 is 9.47 Å². The molecule has 0 N–H and O–H groups in total. The average Bonchev–Trinajstić information content (AvgIpc) is 3.18. The summed E-state index contributed by atoms with van der Waals surface area (Å²) in [7, 11) is 1.65. The van der Waals surface area contributed by atoms with Gasteiger partial charge in [-0.25, -0.2) is 0 Å². The zero-order chi connectivity index (χ0) is 20.5. The number of nitrogens with zero attached hydrogens (tertiary/aromatic N) is 4. The van der Waals surface area contributed by atoms with Gasteiger partial charge in [0.1, 0.15) is 11.5 Å². The molecule has 0 aliphatic carbocycles. The number of nitriles is 1. The zero-order valence-corrected chi connectivity index (χ0v) is 17.5. The van der Waals surface area contributed by atoms with Gasteiger partial charge in [-0.1, -0.05) is 11.8 Å². The van der Waals surface area contributed by atoms with Crippen molar-refractivity contribution in [1.82, 2.24) is 14.8 Å². The first kappa shape index (κ1) is 20.7. The Morgan fingerprint density at radius 1 is 1.00 bits per heavy atom. The summed E-state index contributed by atoms with van der Waals surface area (Å²) in [5.41, 5.74) is 1.94. The third-order valence-corrected chi connectivity index (χ3v) is 5.32. The van der Waals surface area contributed by atoms with E-state index in [-0.39, 0.29) is 0 Å².